The van der Waals surface area contributed by atoms with Gasteiger partial charge in [-0.2, -0.15) is 0 Å². The SMILES string of the molecule is COCCOCCOCC(=O)OCOc1c(OC)ccnc1C(=O)NC1COC(=O)C(Cc2ccccc2)C(OC(=O)C(C)C)C(C)OC1=O. The average Bonchev–Trinajstić information content (AvgIpc) is 3.13. The summed E-state index contributed by atoms with van der Waals surface area (Å²) in [6.07, 6.45) is -0.887. The molecule has 1 N–H and O–H groups in total. The van der Waals surface area contributed by atoms with Gasteiger partial charge in [0.25, 0.3) is 5.91 Å². The van der Waals surface area contributed by atoms with Crippen molar-refractivity contribution in [2.24, 2.45) is 11.8 Å². The summed E-state index contributed by atoms with van der Waals surface area (Å²) in [6, 6.07) is 8.95. The number of pyridine rings is 1. The third-order valence-electron chi connectivity index (χ3n) is 7.22. The highest BCUT2D eigenvalue weighted by molar-refractivity contribution is 5.98. The van der Waals surface area contributed by atoms with E-state index >= 15 is 0 Å². The normalized spacial score (nSPS) is 19.2. The van der Waals surface area contributed by atoms with Gasteiger partial charge >= 0.3 is 23.9 Å². The predicted octanol–water partition coefficient (Wildman–Crippen LogP) is 1.66. The highest BCUT2D eigenvalue weighted by Gasteiger charge is 2.42. The van der Waals surface area contributed by atoms with Gasteiger partial charge in [0.2, 0.25) is 6.79 Å². The summed E-state index contributed by atoms with van der Waals surface area (Å²) in [7, 11) is 2.87. The molecule has 2 heterocycles. The number of nitrogens with one attached hydrogen (secondary N) is 1. The van der Waals surface area contributed by atoms with Crippen molar-refractivity contribution >= 4 is 29.8 Å². The molecule has 0 spiro atoms. The van der Waals surface area contributed by atoms with E-state index in [0.717, 1.165) is 5.56 Å². The molecule has 1 amide bonds. The fourth-order valence-corrected chi connectivity index (χ4v) is 4.58. The number of nitrogens with zero attached hydrogens (tertiary/aromatic N) is 1. The van der Waals surface area contributed by atoms with Gasteiger partial charge in [-0.1, -0.05) is 44.2 Å². The zero-order valence-electron chi connectivity index (χ0n) is 28.7. The van der Waals surface area contributed by atoms with Crippen molar-refractivity contribution in [3.63, 3.8) is 0 Å². The molecule has 4 atom stereocenters. The summed E-state index contributed by atoms with van der Waals surface area (Å²) >= 11 is 0. The van der Waals surface area contributed by atoms with Crippen LogP contribution >= 0.6 is 0 Å². The molecule has 1 aromatic carbocycles. The Morgan fingerprint density at radius 2 is 1.70 bits per heavy atom. The van der Waals surface area contributed by atoms with Crippen molar-refractivity contribution < 1.29 is 66.6 Å². The Morgan fingerprint density at radius 1 is 0.980 bits per heavy atom. The fourth-order valence-electron chi connectivity index (χ4n) is 4.58. The van der Waals surface area contributed by atoms with Gasteiger partial charge in [-0.05, 0) is 18.9 Å². The molecule has 0 saturated carbocycles. The number of carbonyl (C=O) groups excluding carboxylic acids is 5. The fraction of sp³-hybridized carbons (Fsp3) is 0.529. The summed E-state index contributed by atoms with van der Waals surface area (Å²) in [5.41, 5.74) is 0.434. The molecule has 16 heteroatoms. The van der Waals surface area contributed by atoms with Crippen LogP contribution in [0.25, 0.3) is 0 Å². The quantitative estimate of drug-likeness (QED) is 0.102. The summed E-state index contributed by atoms with van der Waals surface area (Å²) in [5.74, 6) is -5.64. The van der Waals surface area contributed by atoms with Gasteiger partial charge in [0.05, 0.1) is 39.5 Å². The molecule has 0 radical (unpaired) electrons. The number of methoxy groups -OCH3 is 2. The van der Waals surface area contributed by atoms with Crippen LogP contribution in [0.3, 0.4) is 0 Å². The monoisotopic (exact) mass is 704 g/mol. The van der Waals surface area contributed by atoms with Gasteiger partial charge in [-0.15, -0.1) is 0 Å². The number of carbonyl (C=O) groups is 5. The van der Waals surface area contributed by atoms with Crippen LogP contribution in [-0.2, 0) is 58.8 Å². The molecule has 1 fully saturated rings. The number of cyclic esters (lactones) is 2. The first-order valence-electron chi connectivity index (χ1n) is 15.9. The molecule has 1 aromatic heterocycles. The zero-order valence-corrected chi connectivity index (χ0v) is 28.7. The van der Waals surface area contributed by atoms with Crippen molar-refractivity contribution in [3.05, 3.63) is 53.9 Å². The van der Waals surface area contributed by atoms with Gasteiger partial charge < -0.3 is 47.9 Å². The van der Waals surface area contributed by atoms with Crippen LogP contribution in [-0.4, -0.2) is 114 Å². The summed E-state index contributed by atoms with van der Waals surface area (Å²) in [5, 5.41) is 2.46. The average molecular weight is 705 g/mol. The van der Waals surface area contributed by atoms with E-state index in [2.05, 4.69) is 10.3 Å². The van der Waals surface area contributed by atoms with Crippen molar-refractivity contribution in [2.45, 2.75) is 45.4 Å². The summed E-state index contributed by atoms with van der Waals surface area (Å²) < 4.78 is 48.0. The number of ether oxygens (including phenoxy) is 9. The molecule has 16 nitrogen and oxygen atoms in total. The lowest BCUT2D eigenvalue weighted by molar-refractivity contribution is -0.176. The van der Waals surface area contributed by atoms with Crippen LogP contribution in [0.15, 0.2) is 42.6 Å². The van der Waals surface area contributed by atoms with E-state index in [9.17, 15) is 24.0 Å². The highest BCUT2D eigenvalue weighted by Crippen LogP contribution is 2.30. The van der Waals surface area contributed by atoms with Gasteiger partial charge in [0.1, 0.15) is 25.2 Å². The third-order valence-corrected chi connectivity index (χ3v) is 7.22. The van der Waals surface area contributed by atoms with Crippen LogP contribution in [0, 0.1) is 11.8 Å². The van der Waals surface area contributed by atoms with Crippen molar-refractivity contribution in [2.75, 3.05) is 60.7 Å². The lowest BCUT2D eigenvalue weighted by Gasteiger charge is -2.29. The first-order chi connectivity index (χ1) is 24.0. The van der Waals surface area contributed by atoms with Gasteiger partial charge in [0.15, 0.2) is 29.3 Å². The van der Waals surface area contributed by atoms with Crippen LogP contribution < -0.4 is 14.8 Å². The first-order valence-corrected chi connectivity index (χ1v) is 15.9. The maximum Gasteiger partial charge on any atom is 0.334 e. The molecule has 1 aliphatic heterocycles. The topological polar surface area (TPSA) is 193 Å². The molecule has 0 aliphatic carbocycles. The van der Waals surface area contributed by atoms with Gasteiger partial charge in [-0.25, -0.2) is 14.6 Å². The van der Waals surface area contributed by atoms with Crippen LogP contribution in [0.1, 0.15) is 36.8 Å². The van der Waals surface area contributed by atoms with Gasteiger partial charge in [0, 0.05) is 19.4 Å². The minimum atomic E-state index is -1.49. The molecule has 1 aliphatic rings. The standard InChI is InChI=1S/C34H44N2O14/c1-21(2)32(39)50-29-22(3)49-34(41)25(18-46-33(40)24(29)17-23-9-7-6-8-10-23)36-31(38)28-30(26(43-5)11-12-35-28)48-20-47-27(37)19-45-16-15-44-14-13-42-4/h6-12,21-22,24-25,29H,13-20H2,1-5H3,(H,36,38). The second kappa shape index (κ2) is 20.7. The zero-order chi connectivity index (χ0) is 36.5. The molecular formula is C34H44N2O14. The molecule has 274 valence electrons. The van der Waals surface area contributed by atoms with E-state index < -0.39 is 73.3 Å². The molecular weight excluding hydrogens is 660 g/mol. The van der Waals surface area contributed by atoms with E-state index in [1.165, 1.54) is 26.3 Å². The van der Waals surface area contributed by atoms with E-state index in [1.54, 1.807) is 45.2 Å². The Bertz CT molecular complexity index is 1420. The number of hydrogen-bond donors (Lipinski definition) is 1. The molecule has 0 bridgehead atoms. The Kier molecular flexibility index (Phi) is 16.4. The maximum atomic E-state index is 13.5. The Morgan fingerprint density at radius 3 is 2.40 bits per heavy atom. The highest BCUT2D eigenvalue weighted by atomic mass is 16.7. The minimum absolute atomic E-state index is 0.0707. The minimum Gasteiger partial charge on any atom is -0.493 e. The molecule has 4 unspecified atom stereocenters. The van der Waals surface area contributed by atoms with Crippen molar-refractivity contribution in [1.82, 2.24) is 10.3 Å². The second-order valence-corrected chi connectivity index (χ2v) is 11.3. The summed E-state index contributed by atoms with van der Waals surface area (Å²) in [4.78, 5) is 69.1. The Hall–Kier alpha value is -4.80. The lowest BCUT2D eigenvalue weighted by atomic mass is 9.91. The summed E-state index contributed by atoms with van der Waals surface area (Å²) in [6.45, 7) is 4.38. The Balaban J connectivity index is 1.70. The molecule has 2 aromatic rings. The van der Waals surface area contributed by atoms with E-state index in [4.69, 9.17) is 42.6 Å². The van der Waals surface area contributed by atoms with Gasteiger partial charge in [-0.3, -0.25) is 14.4 Å². The number of benzene rings is 1. The smallest absolute Gasteiger partial charge is 0.334 e. The number of rotatable bonds is 18. The molecule has 1 saturated heterocycles. The number of esters is 4. The van der Waals surface area contributed by atoms with Crippen molar-refractivity contribution in [1.29, 1.82) is 0 Å². The van der Waals surface area contributed by atoms with E-state index in [0.29, 0.717) is 13.2 Å². The molecule has 50 heavy (non-hydrogen) atoms. The first kappa shape index (κ1) is 39.6. The number of amides is 1. The van der Waals surface area contributed by atoms with E-state index in [-0.39, 0.29) is 43.4 Å². The van der Waals surface area contributed by atoms with Crippen LogP contribution in [0.5, 0.6) is 11.5 Å². The Labute approximate surface area is 289 Å². The lowest BCUT2D eigenvalue weighted by Crippen LogP contribution is -2.47. The maximum absolute atomic E-state index is 13.5. The number of hydrogen-bond acceptors (Lipinski definition) is 15. The van der Waals surface area contributed by atoms with E-state index in [1.807, 2.05) is 6.07 Å². The third kappa shape index (κ3) is 12.3. The largest absolute Gasteiger partial charge is 0.493 e. The van der Waals surface area contributed by atoms with Crippen molar-refractivity contribution in [3.8, 4) is 11.5 Å². The van der Waals surface area contributed by atoms with Crippen LogP contribution in [0.4, 0.5) is 0 Å². The number of aromatic nitrogens is 1. The molecule has 3 rings (SSSR count). The van der Waals surface area contributed by atoms with Crippen LogP contribution in [0.2, 0.25) is 0 Å². The predicted molar refractivity (Wildman–Crippen MR) is 172 cm³/mol. The second-order valence-electron chi connectivity index (χ2n) is 11.3.